The minimum Gasteiger partial charge on any atom is -0.374 e. The molecule has 0 atom stereocenters. The molecule has 1 aromatic carbocycles. The number of amides is 1. The molecular formula is C15H20N4O4S2. The van der Waals surface area contributed by atoms with Crippen molar-refractivity contribution in [3.05, 3.63) is 34.8 Å². The van der Waals surface area contributed by atoms with Gasteiger partial charge in [0.15, 0.2) is 0 Å². The van der Waals surface area contributed by atoms with Crippen LogP contribution >= 0.6 is 11.3 Å². The van der Waals surface area contributed by atoms with E-state index in [1.165, 1.54) is 23.5 Å². The van der Waals surface area contributed by atoms with Gasteiger partial charge in [-0.05, 0) is 26.0 Å². The molecular weight excluding hydrogens is 364 g/mol. The third-order valence-corrected chi connectivity index (χ3v) is 5.41. The van der Waals surface area contributed by atoms with E-state index in [0.717, 1.165) is 5.56 Å². The van der Waals surface area contributed by atoms with Gasteiger partial charge in [-0.3, -0.25) is 4.79 Å². The molecule has 0 bridgehead atoms. The van der Waals surface area contributed by atoms with Crippen LogP contribution in [0.2, 0.25) is 0 Å². The maximum absolute atomic E-state index is 12.1. The maximum atomic E-state index is 12.1. The van der Waals surface area contributed by atoms with E-state index in [0.29, 0.717) is 23.4 Å². The predicted molar refractivity (Wildman–Crippen MR) is 94.9 cm³/mol. The number of anilines is 1. The lowest BCUT2D eigenvalue weighted by Gasteiger charge is -2.06. The highest BCUT2D eigenvalue weighted by molar-refractivity contribution is 7.89. The van der Waals surface area contributed by atoms with Gasteiger partial charge in [-0.2, -0.15) is 0 Å². The highest BCUT2D eigenvalue weighted by Gasteiger charge is 2.14. The van der Waals surface area contributed by atoms with Crippen molar-refractivity contribution in [1.82, 2.24) is 14.9 Å². The van der Waals surface area contributed by atoms with Gasteiger partial charge in [0.05, 0.1) is 4.90 Å². The zero-order chi connectivity index (χ0) is 18.3. The summed E-state index contributed by atoms with van der Waals surface area (Å²) < 4.78 is 31.8. The molecule has 1 aromatic heterocycles. The number of rotatable bonds is 9. The van der Waals surface area contributed by atoms with Crippen molar-refractivity contribution in [2.45, 2.75) is 31.8 Å². The van der Waals surface area contributed by atoms with Gasteiger partial charge in [0.25, 0.3) is 0 Å². The van der Waals surface area contributed by atoms with Crippen LogP contribution < -0.4 is 10.0 Å². The molecule has 25 heavy (non-hydrogen) atoms. The van der Waals surface area contributed by atoms with E-state index in [1.807, 2.05) is 13.8 Å². The van der Waals surface area contributed by atoms with E-state index >= 15 is 0 Å². The van der Waals surface area contributed by atoms with E-state index in [2.05, 4.69) is 20.2 Å². The lowest BCUT2D eigenvalue weighted by atomic mass is 10.2. The molecule has 0 aliphatic heterocycles. The second-order valence-corrected chi connectivity index (χ2v) is 7.98. The predicted octanol–water partition coefficient (Wildman–Crippen LogP) is 1.69. The van der Waals surface area contributed by atoms with Crippen molar-refractivity contribution in [2.24, 2.45) is 0 Å². The lowest BCUT2D eigenvalue weighted by Crippen LogP contribution is -2.27. The fourth-order valence-electron chi connectivity index (χ4n) is 1.83. The van der Waals surface area contributed by atoms with Crippen LogP contribution in [0.3, 0.4) is 0 Å². The number of hydrogen-bond donors (Lipinski definition) is 2. The van der Waals surface area contributed by atoms with Gasteiger partial charge in [0.1, 0.15) is 11.6 Å². The highest BCUT2D eigenvalue weighted by atomic mass is 32.2. The molecule has 136 valence electrons. The average molecular weight is 384 g/mol. The molecule has 8 nitrogen and oxygen atoms in total. The molecule has 10 heteroatoms. The number of ether oxygens (including phenoxy) is 1. The Morgan fingerprint density at radius 1 is 1.24 bits per heavy atom. The Morgan fingerprint density at radius 2 is 1.96 bits per heavy atom. The van der Waals surface area contributed by atoms with Crippen LogP contribution in [0.25, 0.3) is 0 Å². The third kappa shape index (κ3) is 6.16. The van der Waals surface area contributed by atoms with E-state index in [9.17, 15) is 13.2 Å². The first-order valence-corrected chi connectivity index (χ1v) is 9.97. The normalized spacial score (nSPS) is 11.4. The number of hydrogen-bond acceptors (Lipinski definition) is 7. The van der Waals surface area contributed by atoms with Crippen LogP contribution in [-0.2, 0) is 26.2 Å². The largest absolute Gasteiger partial charge is 0.374 e. The Labute approximate surface area is 150 Å². The number of carbonyl (C=O) groups is 1. The van der Waals surface area contributed by atoms with Crippen LogP contribution in [0.5, 0.6) is 0 Å². The molecule has 0 fully saturated rings. The van der Waals surface area contributed by atoms with Gasteiger partial charge < -0.3 is 10.1 Å². The van der Waals surface area contributed by atoms with E-state index in [-0.39, 0.29) is 23.8 Å². The highest BCUT2D eigenvalue weighted by Crippen LogP contribution is 2.16. The fraction of sp³-hybridized carbons (Fsp3) is 0.400. The van der Waals surface area contributed by atoms with E-state index < -0.39 is 10.0 Å². The quantitative estimate of drug-likeness (QED) is 0.681. The summed E-state index contributed by atoms with van der Waals surface area (Å²) in [6.45, 7) is 4.66. The Kier molecular flexibility index (Phi) is 7.00. The van der Waals surface area contributed by atoms with E-state index in [1.54, 1.807) is 12.1 Å². The summed E-state index contributed by atoms with van der Waals surface area (Å²) in [5, 5.41) is 11.3. The SMILES string of the molecule is CCOCc1nnc(NC(=O)CCNS(=O)(=O)c2ccc(C)cc2)s1. The molecule has 0 spiro atoms. The van der Waals surface area contributed by atoms with Crippen molar-refractivity contribution in [1.29, 1.82) is 0 Å². The molecule has 2 rings (SSSR count). The summed E-state index contributed by atoms with van der Waals surface area (Å²) in [5.41, 5.74) is 0.971. The molecule has 0 aliphatic carbocycles. The summed E-state index contributed by atoms with van der Waals surface area (Å²) in [6, 6.07) is 6.49. The van der Waals surface area contributed by atoms with Crippen LogP contribution in [0.15, 0.2) is 29.2 Å². The summed E-state index contributed by atoms with van der Waals surface area (Å²) in [5.74, 6) is -0.342. The minimum atomic E-state index is -3.62. The summed E-state index contributed by atoms with van der Waals surface area (Å²) in [7, 11) is -3.62. The zero-order valence-electron chi connectivity index (χ0n) is 14.0. The molecule has 2 N–H and O–H groups in total. The maximum Gasteiger partial charge on any atom is 0.240 e. The van der Waals surface area contributed by atoms with Crippen molar-refractivity contribution >= 4 is 32.4 Å². The number of nitrogens with one attached hydrogen (secondary N) is 2. The van der Waals surface area contributed by atoms with Crippen molar-refractivity contribution in [3.8, 4) is 0 Å². The Morgan fingerprint density at radius 3 is 2.64 bits per heavy atom. The number of aryl methyl sites for hydroxylation is 1. The van der Waals surface area contributed by atoms with Crippen LogP contribution in [0.1, 0.15) is 23.9 Å². The number of nitrogens with zero attached hydrogens (tertiary/aromatic N) is 2. The Bertz CT molecular complexity index is 803. The average Bonchev–Trinajstić information content (AvgIpc) is 3.00. The molecule has 0 saturated heterocycles. The van der Waals surface area contributed by atoms with Crippen LogP contribution in [-0.4, -0.2) is 37.7 Å². The Balaban J connectivity index is 1.80. The second-order valence-electron chi connectivity index (χ2n) is 5.15. The molecule has 2 aromatic rings. The van der Waals surface area contributed by atoms with Crippen LogP contribution in [0.4, 0.5) is 5.13 Å². The monoisotopic (exact) mass is 384 g/mol. The van der Waals surface area contributed by atoms with Crippen molar-refractivity contribution < 1.29 is 17.9 Å². The Hall–Kier alpha value is -1.88. The smallest absolute Gasteiger partial charge is 0.240 e. The molecule has 1 amide bonds. The van der Waals surface area contributed by atoms with Gasteiger partial charge in [-0.25, -0.2) is 13.1 Å². The molecule has 0 aliphatic rings. The fourth-order valence-corrected chi connectivity index (χ4v) is 3.56. The van der Waals surface area contributed by atoms with Gasteiger partial charge >= 0.3 is 0 Å². The minimum absolute atomic E-state index is 0.00729. The summed E-state index contributed by atoms with van der Waals surface area (Å²) >= 11 is 1.22. The first kappa shape index (κ1) is 19.4. The molecule has 0 unspecified atom stereocenters. The topological polar surface area (TPSA) is 110 Å². The standard InChI is InChI=1S/C15H20N4O4S2/c1-3-23-10-14-18-19-15(24-14)17-13(20)8-9-16-25(21,22)12-6-4-11(2)5-7-12/h4-7,16H,3,8-10H2,1-2H3,(H,17,19,20). The van der Waals surface area contributed by atoms with E-state index in [4.69, 9.17) is 4.74 Å². The third-order valence-electron chi connectivity index (χ3n) is 3.12. The number of benzene rings is 1. The zero-order valence-corrected chi connectivity index (χ0v) is 15.6. The molecule has 1 heterocycles. The number of aromatic nitrogens is 2. The summed E-state index contributed by atoms with van der Waals surface area (Å²) in [6.07, 6.45) is -0.00847. The van der Waals surface area contributed by atoms with Crippen molar-refractivity contribution in [2.75, 3.05) is 18.5 Å². The van der Waals surface area contributed by atoms with Gasteiger partial charge in [0.2, 0.25) is 21.1 Å². The second kappa shape index (κ2) is 8.99. The van der Waals surface area contributed by atoms with Gasteiger partial charge in [-0.1, -0.05) is 29.0 Å². The van der Waals surface area contributed by atoms with Gasteiger partial charge in [-0.15, -0.1) is 10.2 Å². The number of carbonyl (C=O) groups excluding carboxylic acids is 1. The van der Waals surface area contributed by atoms with Crippen molar-refractivity contribution in [3.63, 3.8) is 0 Å². The van der Waals surface area contributed by atoms with Crippen LogP contribution in [0, 0.1) is 6.92 Å². The number of sulfonamides is 1. The lowest BCUT2D eigenvalue weighted by molar-refractivity contribution is -0.116. The first-order valence-electron chi connectivity index (χ1n) is 7.67. The van der Waals surface area contributed by atoms with Gasteiger partial charge in [0, 0.05) is 19.6 Å². The molecule has 0 radical (unpaired) electrons. The summed E-state index contributed by atoms with van der Waals surface area (Å²) in [4.78, 5) is 12.0. The first-order chi connectivity index (χ1) is 11.9. The molecule has 0 saturated carbocycles.